The number of aliphatic hydroxyl groups excluding tert-OH is 1. The SMILES string of the molecule is CC(=O)c1c(C)nn(CCC(=O)N2CCOCC(CO)C2)c1C. The highest BCUT2D eigenvalue weighted by Gasteiger charge is 2.22. The Morgan fingerprint density at radius 1 is 1.39 bits per heavy atom. The van der Waals surface area contributed by atoms with Gasteiger partial charge < -0.3 is 14.7 Å². The largest absolute Gasteiger partial charge is 0.396 e. The summed E-state index contributed by atoms with van der Waals surface area (Å²) < 4.78 is 7.12. The van der Waals surface area contributed by atoms with Crippen LogP contribution in [0.2, 0.25) is 0 Å². The summed E-state index contributed by atoms with van der Waals surface area (Å²) in [6.45, 7) is 7.69. The molecule has 128 valence electrons. The first-order chi connectivity index (χ1) is 10.9. The van der Waals surface area contributed by atoms with Crippen molar-refractivity contribution in [1.82, 2.24) is 14.7 Å². The third kappa shape index (κ3) is 4.17. The van der Waals surface area contributed by atoms with Crippen LogP contribution < -0.4 is 0 Å². The van der Waals surface area contributed by atoms with E-state index in [1.54, 1.807) is 16.5 Å². The lowest BCUT2D eigenvalue weighted by Crippen LogP contribution is -2.37. The highest BCUT2D eigenvalue weighted by molar-refractivity contribution is 5.96. The second kappa shape index (κ2) is 7.70. The number of amides is 1. The summed E-state index contributed by atoms with van der Waals surface area (Å²) in [5, 5.41) is 13.6. The summed E-state index contributed by atoms with van der Waals surface area (Å²) in [6, 6.07) is 0. The molecule has 0 aliphatic carbocycles. The maximum absolute atomic E-state index is 12.4. The van der Waals surface area contributed by atoms with Gasteiger partial charge in [-0.25, -0.2) is 0 Å². The number of Topliss-reactive ketones (excluding diaryl/α,β-unsaturated/α-hetero) is 1. The van der Waals surface area contributed by atoms with Gasteiger partial charge in [0.05, 0.1) is 24.5 Å². The molecule has 1 aliphatic heterocycles. The number of aromatic nitrogens is 2. The van der Waals surface area contributed by atoms with E-state index in [2.05, 4.69) is 5.10 Å². The third-order valence-corrected chi connectivity index (χ3v) is 4.22. The van der Waals surface area contributed by atoms with Crippen molar-refractivity contribution in [3.8, 4) is 0 Å². The number of carbonyl (C=O) groups is 2. The van der Waals surface area contributed by atoms with E-state index in [0.717, 1.165) is 5.69 Å². The first-order valence-corrected chi connectivity index (χ1v) is 7.95. The van der Waals surface area contributed by atoms with Gasteiger partial charge in [-0.1, -0.05) is 0 Å². The number of aryl methyl sites for hydroxylation is 2. The number of ether oxygens (including phenoxy) is 1. The molecule has 1 fully saturated rings. The molecule has 1 unspecified atom stereocenters. The van der Waals surface area contributed by atoms with Gasteiger partial charge in [-0.05, 0) is 20.8 Å². The van der Waals surface area contributed by atoms with Crippen molar-refractivity contribution in [1.29, 1.82) is 0 Å². The molecule has 2 heterocycles. The standard InChI is InChI=1S/C16H25N3O4/c1-11-16(13(3)21)12(2)19(17-11)5-4-15(22)18-6-7-23-10-14(8-18)9-20/h14,20H,4-10H2,1-3H3. The zero-order valence-electron chi connectivity index (χ0n) is 14.0. The van der Waals surface area contributed by atoms with Crippen LogP contribution in [-0.2, 0) is 16.1 Å². The normalized spacial score (nSPS) is 18.8. The molecule has 0 aromatic carbocycles. The Kier molecular flexibility index (Phi) is 5.90. The number of carbonyl (C=O) groups excluding carboxylic acids is 2. The van der Waals surface area contributed by atoms with Crippen LogP contribution in [-0.4, -0.2) is 64.4 Å². The summed E-state index contributed by atoms with van der Waals surface area (Å²) in [6.07, 6.45) is 0.317. The van der Waals surface area contributed by atoms with E-state index >= 15 is 0 Å². The molecule has 2 rings (SSSR count). The summed E-state index contributed by atoms with van der Waals surface area (Å²) in [5.74, 6) is -0.0154. The van der Waals surface area contributed by atoms with Crippen LogP contribution in [0.5, 0.6) is 0 Å². The van der Waals surface area contributed by atoms with E-state index < -0.39 is 0 Å². The fourth-order valence-electron chi connectivity index (χ4n) is 3.00. The zero-order valence-corrected chi connectivity index (χ0v) is 14.0. The fraction of sp³-hybridized carbons (Fsp3) is 0.688. The number of ketones is 1. The van der Waals surface area contributed by atoms with E-state index in [1.165, 1.54) is 6.92 Å². The van der Waals surface area contributed by atoms with Crippen molar-refractivity contribution in [2.45, 2.75) is 33.7 Å². The number of hydrogen-bond acceptors (Lipinski definition) is 5. The van der Waals surface area contributed by atoms with Crippen molar-refractivity contribution >= 4 is 11.7 Å². The molecule has 7 nitrogen and oxygen atoms in total. The van der Waals surface area contributed by atoms with E-state index in [-0.39, 0.29) is 24.2 Å². The zero-order chi connectivity index (χ0) is 17.0. The second-order valence-corrected chi connectivity index (χ2v) is 6.04. The summed E-state index contributed by atoms with van der Waals surface area (Å²) in [7, 11) is 0. The molecule has 1 N–H and O–H groups in total. The number of aliphatic hydroxyl groups is 1. The smallest absolute Gasteiger partial charge is 0.224 e. The van der Waals surface area contributed by atoms with Gasteiger partial charge in [-0.2, -0.15) is 5.10 Å². The van der Waals surface area contributed by atoms with Crippen LogP contribution in [0.25, 0.3) is 0 Å². The van der Waals surface area contributed by atoms with Crippen molar-refractivity contribution in [3.05, 3.63) is 17.0 Å². The van der Waals surface area contributed by atoms with Gasteiger partial charge in [-0.15, -0.1) is 0 Å². The van der Waals surface area contributed by atoms with E-state index in [0.29, 0.717) is 50.5 Å². The topological polar surface area (TPSA) is 84.7 Å². The lowest BCUT2D eigenvalue weighted by molar-refractivity contribution is -0.132. The van der Waals surface area contributed by atoms with Gasteiger partial charge in [0.15, 0.2) is 5.78 Å². The highest BCUT2D eigenvalue weighted by Crippen LogP contribution is 2.15. The van der Waals surface area contributed by atoms with Crippen LogP contribution in [0.15, 0.2) is 0 Å². The summed E-state index contributed by atoms with van der Waals surface area (Å²) >= 11 is 0. The number of hydrogen-bond donors (Lipinski definition) is 1. The maximum atomic E-state index is 12.4. The molecule has 7 heteroatoms. The molecule has 1 aliphatic rings. The molecule has 0 radical (unpaired) electrons. The molecule has 0 spiro atoms. The molecule has 0 bridgehead atoms. The minimum Gasteiger partial charge on any atom is -0.396 e. The van der Waals surface area contributed by atoms with Gasteiger partial charge in [0.25, 0.3) is 0 Å². The summed E-state index contributed by atoms with van der Waals surface area (Å²) in [5.41, 5.74) is 2.14. The second-order valence-electron chi connectivity index (χ2n) is 6.04. The molecular formula is C16H25N3O4. The number of rotatable bonds is 5. The highest BCUT2D eigenvalue weighted by atomic mass is 16.5. The molecule has 1 aromatic rings. The minimum atomic E-state index is -0.0283. The monoisotopic (exact) mass is 323 g/mol. The first-order valence-electron chi connectivity index (χ1n) is 7.95. The predicted molar refractivity (Wildman–Crippen MR) is 84.3 cm³/mol. The van der Waals surface area contributed by atoms with Crippen molar-refractivity contribution in [2.75, 3.05) is 32.9 Å². The van der Waals surface area contributed by atoms with Gasteiger partial charge >= 0.3 is 0 Å². The van der Waals surface area contributed by atoms with Crippen LogP contribution in [0, 0.1) is 19.8 Å². The Morgan fingerprint density at radius 3 is 2.74 bits per heavy atom. The van der Waals surface area contributed by atoms with Crippen LogP contribution in [0.1, 0.15) is 35.1 Å². The fourth-order valence-corrected chi connectivity index (χ4v) is 3.00. The quantitative estimate of drug-likeness (QED) is 0.800. The van der Waals surface area contributed by atoms with E-state index in [4.69, 9.17) is 4.74 Å². The Balaban J connectivity index is 1.99. The Bertz CT molecular complexity index is 582. The first kappa shape index (κ1) is 17.6. The predicted octanol–water partition coefficient (Wildman–Crippen LogP) is 0.560. The van der Waals surface area contributed by atoms with Crippen molar-refractivity contribution in [2.24, 2.45) is 5.92 Å². The van der Waals surface area contributed by atoms with Crippen LogP contribution in [0.3, 0.4) is 0 Å². The average Bonchev–Trinajstić information content (AvgIpc) is 2.69. The molecule has 1 aromatic heterocycles. The molecule has 0 saturated carbocycles. The third-order valence-electron chi connectivity index (χ3n) is 4.22. The van der Waals surface area contributed by atoms with Crippen molar-refractivity contribution in [3.63, 3.8) is 0 Å². The molecule has 23 heavy (non-hydrogen) atoms. The van der Waals surface area contributed by atoms with E-state index in [9.17, 15) is 14.7 Å². The van der Waals surface area contributed by atoms with Gasteiger partial charge in [0, 0.05) is 44.3 Å². The van der Waals surface area contributed by atoms with Crippen molar-refractivity contribution < 1.29 is 19.4 Å². The lowest BCUT2D eigenvalue weighted by atomic mass is 10.1. The molecular weight excluding hydrogens is 298 g/mol. The Morgan fingerprint density at radius 2 is 2.13 bits per heavy atom. The molecule has 1 atom stereocenters. The molecule has 1 saturated heterocycles. The van der Waals surface area contributed by atoms with Gasteiger partial charge in [0.2, 0.25) is 5.91 Å². The van der Waals surface area contributed by atoms with Crippen LogP contribution >= 0.6 is 0 Å². The van der Waals surface area contributed by atoms with Crippen LogP contribution in [0.4, 0.5) is 0 Å². The van der Waals surface area contributed by atoms with Gasteiger partial charge in [-0.3, -0.25) is 14.3 Å². The Labute approximate surface area is 136 Å². The Hall–Kier alpha value is -1.73. The number of nitrogens with zero attached hydrogens (tertiary/aromatic N) is 3. The van der Waals surface area contributed by atoms with E-state index in [1.807, 2.05) is 6.92 Å². The minimum absolute atomic E-state index is 0.00645. The molecule has 1 amide bonds. The lowest BCUT2D eigenvalue weighted by Gasteiger charge is -2.22. The average molecular weight is 323 g/mol. The maximum Gasteiger partial charge on any atom is 0.224 e. The summed E-state index contributed by atoms with van der Waals surface area (Å²) in [4.78, 5) is 25.8. The van der Waals surface area contributed by atoms with Gasteiger partial charge in [0.1, 0.15) is 0 Å².